The highest BCUT2D eigenvalue weighted by Gasteiger charge is 2.15. The molecule has 0 aliphatic rings. The summed E-state index contributed by atoms with van der Waals surface area (Å²) < 4.78 is 15.1. The summed E-state index contributed by atoms with van der Waals surface area (Å²) in [5.74, 6) is -0.316. The topological polar surface area (TPSA) is 46.4 Å². The number of nitrogens with one attached hydrogen (secondary N) is 1. The Morgan fingerprint density at radius 3 is 2.45 bits per heavy atom. The van der Waals surface area contributed by atoms with Crippen LogP contribution in [0.1, 0.15) is 30.7 Å². The van der Waals surface area contributed by atoms with Gasteiger partial charge in [-0.1, -0.05) is 32.0 Å². The van der Waals surface area contributed by atoms with E-state index in [-0.39, 0.29) is 18.1 Å². The van der Waals surface area contributed by atoms with Crippen LogP contribution in [-0.2, 0) is 24.1 Å². The van der Waals surface area contributed by atoms with Crippen molar-refractivity contribution in [3.05, 3.63) is 76.7 Å². The van der Waals surface area contributed by atoms with Gasteiger partial charge in [-0.05, 0) is 48.2 Å². The van der Waals surface area contributed by atoms with Gasteiger partial charge in [0.15, 0.2) is 4.96 Å². The summed E-state index contributed by atoms with van der Waals surface area (Å²) in [5, 5.41) is 5.08. The lowest BCUT2D eigenvalue weighted by Gasteiger charge is -2.14. The Morgan fingerprint density at radius 2 is 1.79 bits per heavy atom. The van der Waals surface area contributed by atoms with Crippen LogP contribution in [0.15, 0.2) is 54.0 Å². The number of carbonyl (C=O) groups excluding carboxylic acids is 1. The van der Waals surface area contributed by atoms with E-state index in [9.17, 15) is 9.18 Å². The maximum atomic E-state index is 13.2. The quantitative estimate of drug-likeness (QED) is 0.458. The van der Waals surface area contributed by atoms with Crippen LogP contribution in [0.5, 0.6) is 0 Å². The molecule has 2 aromatic carbocycles. The number of fused-ring (bicyclic) bond motifs is 1. The molecular formula is C23H22FN3OS. The number of hydrogen-bond donors (Lipinski definition) is 1. The minimum atomic E-state index is -0.272. The summed E-state index contributed by atoms with van der Waals surface area (Å²) in [7, 11) is 0. The zero-order valence-corrected chi connectivity index (χ0v) is 17.2. The Balaban J connectivity index is 1.57. The third kappa shape index (κ3) is 3.93. The molecule has 0 saturated carbocycles. The van der Waals surface area contributed by atoms with E-state index in [2.05, 4.69) is 36.3 Å². The summed E-state index contributed by atoms with van der Waals surface area (Å²) in [6.07, 6.45) is 3.91. The Bertz CT molecular complexity index is 1140. The molecule has 4 nitrogen and oxygen atoms in total. The van der Waals surface area contributed by atoms with Gasteiger partial charge < -0.3 is 5.32 Å². The van der Waals surface area contributed by atoms with Gasteiger partial charge in [0.1, 0.15) is 5.82 Å². The smallest absolute Gasteiger partial charge is 0.230 e. The highest BCUT2D eigenvalue weighted by Crippen LogP contribution is 2.26. The zero-order valence-electron chi connectivity index (χ0n) is 16.4. The number of aromatic nitrogens is 2. The molecule has 0 radical (unpaired) electrons. The first-order valence-electron chi connectivity index (χ1n) is 9.71. The van der Waals surface area contributed by atoms with E-state index in [1.165, 1.54) is 23.5 Å². The molecule has 4 rings (SSSR count). The molecule has 29 heavy (non-hydrogen) atoms. The van der Waals surface area contributed by atoms with E-state index in [0.29, 0.717) is 0 Å². The van der Waals surface area contributed by atoms with Gasteiger partial charge >= 0.3 is 0 Å². The number of aryl methyl sites for hydroxylation is 2. The van der Waals surface area contributed by atoms with Crippen LogP contribution in [-0.4, -0.2) is 15.3 Å². The molecule has 0 fully saturated rings. The molecule has 0 bridgehead atoms. The van der Waals surface area contributed by atoms with E-state index in [1.54, 1.807) is 12.1 Å². The third-order valence-electron chi connectivity index (χ3n) is 5.03. The van der Waals surface area contributed by atoms with Crippen LogP contribution in [0, 0.1) is 5.82 Å². The fourth-order valence-electron chi connectivity index (χ4n) is 3.47. The van der Waals surface area contributed by atoms with E-state index >= 15 is 0 Å². The van der Waals surface area contributed by atoms with E-state index in [0.717, 1.165) is 51.6 Å². The van der Waals surface area contributed by atoms with E-state index < -0.39 is 0 Å². The number of hydrogen-bond acceptors (Lipinski definition) is 3. The van der Waals surface area contributed by atoms with Crippen molar-refractivity contribution in [2.24, 2.45) is 0 Å². The molecule has 2 heterocycles. The highest BCUT2D eigenvalue weighted by molar-refractivity contribution is 7.15. The van der Waals surface area contributed by atoms with Gasteiger partial charge in [-0.2, -0.15) is 0 Å². The Hall–Kier alpha value is -2.99. The van der Waals surface area contributed by atoms with Crippen molar-refractivity contribution < 1.29 is 9.18 Å². The number of rotatable bonds is 6. The van der Waals surface area contributed by atoms with Crippen molar-refractivity contribution in [3.63, 3.8) is 0 Å². The van der Waals surface area contributed by atoms with Crippen molar-refractivity contribution in [2.75, 3.05) is 5.32 Å². The largest absolute Gasteiger partial charge is 0.325 e. The second kappa shape index (κ2) is 8.17. The Kier molecular flexibility index (Phi) is 5.45. The van der Waals surface area contributed by atoms with Crippen LogP contribution < -0.4 is 5.32 Å². The molecule has 2 aromatic heterocycles. The van der Waals surface area contributed by atoms with Gasteiger partial charge in [-0.15, -0.1) is 11.3 Å². The molecular weight excluding hydrogens is 385 g/mol. The number of benzene rings is 2. The highest BCUT2D eigenvalue weighted by atomic mass is 32.1. The van der Waals surface area contributed by atoms with Gasteiger partial charge in [-0.25, -0.2) is 9.37 Å². The second-order valence-electron chi connectivity index (χ2n) is 6.90. The number of carbonyl (C=O) groups is 1. The predicted octanol–water partition coefficient (Wildman–Crippen LogP) is 5.51. The number of thiazole rings is 1. The number of imidazole rings is 1. The molecule has 0 unspecified atom stereocenters. The van der Waals surface area contributed by atoms with Crippen LogP contribution in [0.3, 0.4) is 0 Å². The molecule has 0 saturated heterocycles. The number of nitrogens with zero attached hydrogens (tertiary/aromatic N) is 2. The van der Waals surface area contributed by atoms with Crippen LogP contribution in [0.4, 0.5) is 10.1 Å². The lowest BCUT2D eigenvalue weighted by atomic mass is 10.0. The zero-order chi connectivity index (χ0) is 20.4. The SMILES string of the molecule is CCc1cccc(CC)c1NC(=O)Cc1csc2nc(-c3ccc(F)cc3)cn12. The summed E-state index contributed by atoms with van der Waals surface area (Å²) in [6, 6.07) is 12.4. The standard InChI is InChI=1S/C23H22FN3OS/c1-3-15-6-5-7-16(4-2)22(15)26-21(28)12-19-14-29-23-25-20(13-27(19)23)17-8-10-18(24)11-9-17/h5-11,13-14H,3-4,12H2,1-2H3,(H,26,28). The first-order valence-corrected chi connectivity index (χ1v) is 10.6. The molecule has 1 N–H and O–H groups in total. The van der Waals surface area contributed by atoms with Crippen LogP contribution in [0.25, 0.3) is 16.2 Å². The van der Waals surface area contributed by atoms with Crippen LogP contribution >= 0.6 is 11.3 Å². The average Bonchev–Trinajstić information content (AvgIpc) is 3.30. The van der Waals surface area contributed by atoms with Crippen molar-refractivity contribution >= 4 is 27.9 Å². The van der Waals surface area contributed by atoms with Crippen molar-refractivity contribution in [1.82, 2.24) is 9.38 Å². The number of anilines is 1. The first-order chi connectivity index (χ1) is 14.1. The first kappa shape index (κ1) is 19.3. The molecule has 1 amide bonds. The van der Waals surface area contributed by atoms with E-state index in [1.807, 2.05) is 22.0 Å². The fourth-order valence-corrected chi connectivity index (χ4v) is 4.34. The number of halogens is 1. The molecule has 0 spiro atoms. The molecule has 4 aromatic rings. The maximum Gasteiger partial charge on any atom is 0.230 e. The van der Waals surface area contributed by atoms with Crippen molar-refractivity contribution in [1.29, 1.82) is 0 Å². The summed E-state index contributed by atoms with van der Waals surface area (Å²) in [5.41, 5.74) is 5.73. The molecule has 0 aliphatic heterocycles. The molecule has 0 atom stereocenters. The fraction of sp³-hybridized carbons (Fsp3) is 0.217. The molecule has 0 aliphatic carbocycles. The average molecular weight is 408 g/mol. The van der Waals surface area contributed by atoms with Crippen molar-refractivity contribution in [2.45, 2.75) is 33.1 Å². The maximum absolute atomic E-state index is 13.2. The van der Waals surface area contributed by atoms with Gasteiger partial charge in [0, 0.05) is 28.5 Å². The van der Waals surface area contributed by atoms with Gasteiger partial charge in [0.2, 0.25) is 5.91 Å². The van der Waals surface area contributed by atoms with Gasteiger partial charge in [0.05, 0.1) is 12.1 Å². The van der Waals surface area contributed by atoms with Crippen molar-refractivity contribution in [3.8, 4) is 11.3 Å². The molecule has 148 valence electrons. The predicted molar refractivity (Wildman–Crippen MR) is 116 cm³/mol. The molecule has 6 heteroatoms. The van der Waals surface area contributed by atoms with Gasteiger partial charge in [-0.3, -0.25) is 9.20 Å². The minimum Gasteiger partial charge on any atom is -0.325 e. The second-order valence-corrected chi connectivity index (χ2v) is 7.73. The lowest BCUT2D eigenvalue weighted by molar-refractivity contribution is -0.115. The monoisotopic (exact) mass is 407 g/mol. The number of amides is 1. The normalized spacial score (nSPS) is 11.1. The third-order valence-corrected chi connectivity index (χ3v) is 5.92. The Labute approximate surface area is 173 Å². The van der Waals surface area contributed by atoms with Crippen LogP contribution in [0.2, 0.25) is 0 Å². The number of para-hydroxylation sites is 1. The minimum absolute atomic E-state index is 0.0441. The summed E-state index contributed by atoms with van der Waals surface area (Å²) >= 11 is 1.49. The van der Waals surface area contributed by atoms with E-state index in [4.69, 9.17) is 0 Å². The van der Waals surface area contributed by atoms with Gasteiger partial charge in [0.25, 0.3) is 0 Å². The summed E-state index contributed by atoms with van der Waals surface area (Å²) in [6.45, 7) is 4.19. The summed E-state index contributed by atoms with van der Waals surface area (Å²) in [4.78, 5) is 18.2. The Morgan fingerprint density at radius 1 is 1.10 bits per heavy atom. The lowest BCUT2D eigenvalue weighted by Crippen LogP contribution is -2.17.